The molecule has 6 heteroatoms. The predicted molar refractivity (Wildman–Crippen MR) is 76.8 cm³/mol. The molecule has 0 aromatic carbocycles. The number of carbonyl (C=O) groups excluding carboxylic acids is 1. The minimum absolute atomic E-state index is 0.166. The van der Waals surface area contributed by atoms with Crippen molar-refractivity contribution in [3.63, 3.8) is 0 Å². The van der Waals surface area contributed by atoms with Gasteiger partial charge in [0.25, 0.3) is 0 Å². The van der Waals surface area contributed by atoms with Gasteiger partial charge in [0.15, 0.2) is 0 Å². The predicted octanol–water partition coefficient (Wildman–Crippen LogP) is 1.84. The molecule has 0 unspecified atom stereocenters. The zero-order valence-electron chi connectivity index (χ0n) is 12.8. The quantitative estimate of drug-likeness (QED) is 0.826. The van der Waals surface area contributed by atoms with Gasteiger partial charge in [0.2, 0.25) is 0 Å². The highest BCUT2D eigenvalue weighted by atomic mass is 16.6. The third kappa shape index (κ3) is 3.18. The maximum Gasteiger partial charge on any atom is 0.410 e. The van der Waals surface area contributed by atoms with Crippen LogP contribution in [0, 0.1) is 6.92 Å². The average molecular weight is 278 g/mol. The number of nitrogens with zero attached hydrogens (tertiary/aromatic N) is 4. The maximum atomic E-state index is 12.0. The molecule has 1 aliphatic heterocycles. The van der Waals surface area contributed by atoms with E-state index in [0.29, 0.717) is 0 Å². The van der Waals surface area contributed by atoms with Gasteiger partial charge in [0.1, 0.15) is 17.7 Å². The van der Waals surface area contributed by atoms with E-state index in [1.807, 2.05) is 27.7 Å². The van der Waals surface area contributed by atoms with Crippen molar-refractivity contribution < 1.29 is 9.53 Å². The fourth-order valence-electron chi connectivity index (χ4n) is 2.08. The molecule has 110 valence electrons. The van der Waals surface area contributed by atoms with Crippen molar-refractivity contribution >= 4 is 11.9 Å². The van der Waals surface area contributed by atoms with Crippen LogP contribution in [0.1, 0.15) is 26.3 Å². The number of aryl methyl sites for hydroxylation is 1. The van der Waals surface area contributed by atoms with Crippen molar-refractivity contribution in [1.82, 2.24) is 14.9 Å². The maximum absolute atomic E-state index is 12.0. The van der Waals surface area contributed by atoms with E-state index in [9.17, 15) is 4.79 Å². The van der Waals surface area contributed by atoms with Gasteiger partial charge in [-0.1, -0.05) is 0 Å². The standard InChI is InChI=1S/C14H22N4O2/c1-10-6-15-9-16-12(10)18-7-11(8-18)17(5)13(19)20-14(2,3)4/h6,9,11H,7-8H2,1-5H3. The lowest BCUT2D eigenvalue weighted by Crippen LogP contribution is -2.60. The van der Waals surface area contributed by atoms with Gasteiger partial charge in [-0.25, -0.2) is 14.8 Å². The summed E-state index contributed by atoms with van der Waals surface area (Å²) in [5, 5.41) is 0. The number of hydrogen-bond donors (Lipinski definition) is 0. The van der Waals surface area contributed by atoms with Crippen molar-refractivity contribution in [2.24, 2.45) is 0 Å². The molecule has 1 amide bonds. The molecule has 2 rings (SSSR count). The van der Waals surface area contributed by atoms with Crippen molar-refractivity contribution in [3.8, 4) is 0 Å². The second-order valence-electron chi connectivity index (χ2n) is 6.18. The van der Waals surface area contributed by atoms with Crippen LogP contribution in [0.4, 0.5) is 10.6 Å². The molecule has 0 N–H and O–H groups in total. The molecule has 0 radical (unpaired) electrons. The van der Waals surface area contributed by atoms with Crippen LogP contribution in [0.3, 0.4) is 0 Å². The molecule has 1 aromatic rings. The second-order valence-corrected chi connectivity index (χ2v) is 6.18. The molecule has 0 aliphatic carbocycles. The zero-order valence-corrected chi connectivity index (χ0v) is 12.8. The first-order valence-corrected chi connectivity index (χ1v) is 6.75. The molecule has 0 atom stereocenters. The summed E-state index contributed by atoms with van der Waals surface area (Å²) in [4.78, 5) is 24.0. The molecule has 20 heavy (non-hydrogen) atoms. The lowest BCUT2D eigenvalue weighted by atomic mass is 10.1. The van der Waals surface area contributed by atoms with Gasteiger partial charge in [0, 0.05) is 31.9 Å². The third-order valence-corrected chi connectivity index (χ3v) is 3.26. The summed E-state index contributed by atoms with van der Waals surface area (Å²) in [6.45, 7) is 9.14. The number of anilines is 1. The summed E-state index contributed by atoms with van der Waals surface area (Å²) in [5.74, 6) is 0.939. The van der Waals surface area contributed by atoms with E-state index in [4.69, 9.17) is 4.74 Å². The first kappa shape index (κ1) is 14.6. The number of ether oxygens (including phenoxy) is 1. The van der Waals surface area contributed by atoms with Gasteiger partial charge in [-0.05, 0) is 27.7 Å². The normalized spacial score (nSPS) is 15.8. The van der Waals surface area contributed by atoms with Crippen LogP contribution in [0.5, 0.6) is 0 Å². The van der Waals surface area contributed by atoms with Crippen LogP contribution < -0.4 is 4.90 Å². The molecule has 1 aliphatic rings. The first-order valence-electron chi connectivity index (χ1n) is 6.75. The van der Waals surface area contributed by atoms with Crippen LogP contribution in [-0.4, -0.2) is 52.7 Å². The van der Waals surface area contributed by atoms with E-state index in [0.717, 1.165) is 24.5 Å². The monoisotopic (exact) mass is 278 g/mol. The van der Waals surface area contributed by atoms with Crippen molar-refractivity contribution in [3.05, 3.63) is 18.1 Å². The minimum Gasteiger partial charge on any atom is -0.444 e. The van der Waals surface area contributed by atoms with Crippen LogP contribution >= 0.6 is 0 Å². The molecule has 0 saturated carbocycles. The van der Waals surface area contributed by atoms with Crippen molar-refractivity contribution in [2.45, 2.75) is 39.3 Å². The topological polar surface area (TPSA) is 58.6 Å². The van der Waals surface area contributed by atoms with Crippen molar-refractivity contribution in [1.29, 1.82) is 0 Å². The molecule has 1 fully saturated rings. The molecule has 6 nitrogen and oxygen atoms in total. The Labute approximate surface area is 119 Å². The highest BCUT2D eigenvalue weighted by molar-refractivity contribution is 5.69. The van der Waals surface area contributed by atoms with Crippen LogP contribution in [0.15, 0.2) is 12.5 Å². The lowest BCUT2D eigenvalue weighted by Gasteiger charge is -2.44. The fourth-order valence-corrected chi connectivity index (χ4v) is 2.08. The molecule has 1 aromatic heterocycles. The van der Waals surface area contributed by atoms with E-state index < -0.39 is 5.60 Å². The summed E-state index contributed by atoms with van der Waals surface area (Å²) < 4.78 is 5.36. The highest BCUT2D eigenvalue weighted by Gasteiger charge is 2.35. The Morgan fingerprint density at radius 2 is 2.10 bits per heavy atom. The summed E-state index contributed by atoms with van der Waals surface area (Å²) in [5.41, 5.74) is 0.587. The first-order chi connectivity index (χ1) is 9.28. The summed E-state index contributed by atoms with van der Waals surface area (Å²) >= 11 is 0. The number of rotatable bonds is 2. The molecule has 1 saturated heterocycles. The van der Waals surface area contributed by atoms with Gasteiger partial charge in [-0.2, -0.15) is 0 Å². The molecule has 0 spiro atoms. The number of likely N-dealkylation sites (N-methyl/N-ethyl adjacent to an activating group) is 1. The van der Waals surface area contributed by atoms with E-state index in [-0.39, 0.29) is 12.1 Å². The number of hydrogen-bond acceptors (Lipinski definition) is 5. The summed E-state index contributed by atoms with van der Waals surface area (Å²) in [7, 11) is 1.78. The van der Waals surface area contributed by atoms with Gasteiger partial charge < -0.3 is 14.5 Å². The van der Waals surface area contributed by atoms with E-state index in [1.54, 1.807) is 24.5 Å². The van der Waals surface area contributed by atoms with Crippen LogP contribution in [0.2, 0.25) is 0 Å². The smallest absolute Gasteiger partial charge is 0.410 e. The van der Waals surface area contributed by atoms with Gasteiger partial charge >= 0.3 is 6.09 Å². The third-order valence-electron chi connectivity index (χ3n) is 3.26. The minimum atomic E-state index is -0.460. The Bertz CT molecular complexity index is 492. The Hall–Kier alpha value is -1.85. The van der Waals surface area contributed by atoms with Crippen LogP contribution in [0.25, 0.3) is 0 Å². The SMILES string of the molecule is Cc1cncnc1N1CC(N(C)C(=O)OC(C)(C)C)C1. The Morgan fingerprint density at radius 1 is 1.45 bits per heavy atom. The van der Waals surface area contributed by atoms with Crippen LogP contribution in [-0.2, 0) is 4.74 Å². The molecule has 2 heterocycles. The molecule has 0 bridgehead atoms. The number of amides is 1. The second kappa shape index (κ2) is 5.26. The van der Waals surface area contributed by atoms with Gasteiger partial charge in [-0.15, -0.1) is 0 Å². The lowest BCUT2D eigenvalue weighted by molar-refractivity contribution is 0.0196. The van der Waals surface area contributed by atoms with E-state index >= 15 is 0 Å². The molecular weight excluding hydrogens is 256 g/mol. The van der Waals surface area contributed by atoms with Crippen molar-refractivity contribution in [2.75, 3.05) is 25.0 Å². The zero-order chi connectivity index (χ0) is 14.9. The Balaban J connectivity index is 1.90. The van der Waals surface area contributed by atoms with Gasteiger partial charge in [-0.3, -0.25) is 0 Å². The number of aromatic nitrogens is 2. The largest absolute Gasteiger partial charge is 0.444 e. The van der Waals surface area contributed by atoms with E-state index in [2.05, 4.69) is 14.9 Å². The Morgan fingerprint density at radius 3 is 2.65 bits per heavy atom. The average Bonchev–Trinajstić information content (AvgIpc) is 2.27. The molecular formula is C14H22N4O2. The Kier molecular flexibility index (Phi) is 3.83. The van der Waals surface area contributed by atoms with Gasteiger partial charge in [0.05, 0.1) is 6.04 Å². The highest BCUT2D eigenvalue weighted by Crippen LogP contribution is 2.24. The fraction of sp³-hybridized carbons (Fsp3) is 0.643. The summed E-state index contributed by atoms with van der Waals surface area (Å²) in [6, 6.07) is 0.166. The number of carbonyl (C=O) groups is 1. The van der Waals surface area contributed by atoms with E-state index in [1.165, 1.54) is 0 Å². The summed E-state index contributed by atoms with van der Waals surface area (Å²) in [6.07, 6.45) is 3.07.